The van der Waals surface area contributed by atoms with Crippen LogP contribution in [0, 0.1) is 11.6 Å². The molecule has 0 bridgehead atoms. The van der Waals surface area contributed by atoms with Crippen molar-refractivity contribution < 1.29 is 13.2 Å². The van der Waals surface area contributed by atoms with Gasteiger partial charge in [0.1, 0.15) is 11.6 Å². The highest BCUT2D eigenvalue weighted by molar-refractivity contribution is 6.01. The first-order chi connectivity index (χ1) is 15.7. The number of oxazole rings is 1. The van der Waals surface area contributed by atoms with Crippen molar-refractivity contribution in [2.75, 3.05) is 0 Å². The number of nitrogens with zero attached hydrogens (tertiary/aromatic N) is 1. The van der Waals surface area contributed by atoms with Crippen molar-refractivity contribution in [1.29, 1.82) is 0 Å². The lowest BCUT2D eigenvalue weighted by molar-refractivity contribution is 0.588. The van der Waals surface area contributed by atoms with Gasteiger partial charge in [-0.1, -0.05) is 24.3 Å². The molecule has 0 saturated carbocycles. The van der Waals surface area contributed by atoms with Gasteiger partial charge in [-0.3, -0.25) is 0 Å². The highest BCUT2D eigenvalue weighted by Crippen LogP contribution is 2.35. The molecule has 6 rings (SSSR count). The smallest absolute Gasteiger partial charge is 0.227 e. The fraction of sp³-hybridized carbons (Fsp3) is 0. The minimum atomic E-state index is -0.293. The molecule has 154 valence electrons. The number of halogens is 2. The first kappa shape index (κ1) is 18.5. The third kappa shape index (κ3) is 3.06. The van der Waals surface area contributed by atoms with E-state index in [-0.39, 0.29) is 11.6 Å². The van der Waals surface area contributed by atoms with Gasteiger partial charge in [0.25, 0.3) is 0 Å². The predicted molar refractivity (Wildman–Crippen MR) is 122 cm³/mol. The van der Waals surface area contributed by atoms with Crippen molar-refractivity contribution >= 4 is 21.7 Å². The zero-order valence-corrected chi connectivity index (χ0v) is 16.8. The summed E-state index contributed by atoms with van der Waals surface area (Å²) in [6.45, 7) is 0. The second-order valence-electron chi connectivity index (χ2n) is 7.67. The molecule has 0 radical (unpaired) electrons. The molecule has 3 nitrogen and oxygen atoms in total. The first-order valence-electron chi connectivity index (χ1n) is 10.2. The normalized spacial score (nSPS) is 11.4. The van der Waals surface area contributed by atoms with Gasteiger partial charge in [-0.2, -0.15) is 0 Å². The molecule has 0 aliphatic heterocycles. The number of benzene rings is 4. The van der Waals surface area contributed by atoms with Gasteiger partial charge in [0.2, 0.25) is 5.89 Å². The second kappa shape index (κ2) is 7.17. The number of fused-ring (bicyclic) bond motifs is 2. The fourth-order valence-electron chi connectivity index (χ4n) is 4.12. The third-order valence-electron chi connectivity index (χ3n) is 5.70. The monoisotopic (exact) mass is 422 g/mol. The van der Waals surface area contributed by atoms with Crippen molar-refractivity contribution in [2.45, 2.75) is 0 Å². The van der Waals surface area contributed by atoms with E-state index in [1.54, 1.807) is 24.4 Å². The molecule has 0 saturated heterocycles. The number of nitrogens with one attached hydrogen (secondary N) is 1. The van der Waals surface area contributed by atoms with Crippen molar-refractivity contribution in [1.82, 2.24) is 9.97 Å². The molecule has 0 spiro atoms. The third-order valence-corrected chi connectivity index (χ3v) is 5.70. The van der Waals surface area contributed by atoms with Crippen LogP contribution in [-0.4, -0.2) is 9.97 Å². The van der Waals surface area contributed by atoms with Crippen LogP contribution in [-0.2, 0) is 0 Å². The van der Waals surface area contributed by atoms with Gasteiger partial charge < -0.3 is 9.40 Å². The summed E-state index contributed by atoms with van der Waals surface area (Å²) in [6.07, 6.45) is 3.55. The van der Waals surface area contributed by atoms with Crippen LogP contribution in [0.4, 0.5) is 8.78 Å². The lowest BCUT2D eigenvalue weighted by Crippen LogP contribution is -1.83. The maximum Gasteiger partial charge on any atom is 0.227 e. The van der Waals surface area contributed by atoms with Gasteiger partial charge >= 0.3 is 0 Å². The van der Waals surface area contributed by atoms with E-state index < -0.39 is 0 Å². The Labute approximate surface area is 182 Å². The average molecular weight is 422 g/mol. The summed E-state index contributed by atoms with van der Waals surface area (Å²) >= 11 is 0. The Bertz CT molecular complexity index is 1600. The molecule has 0 aliphatic rings. The Morgan fingerprint density at radius 1 is 0.719 bits per heavy atom. The predicted octanol–water partition coefficient (Wildman–Crippen LogP) is 7.59. The molecular formula is C27H16F2N2O. The van der Waals surface area contributed by atoms with Crippen LogP contribution in [0.15, 0.2) is 95.7 Å². The SMILES string of the molecule is Fc1ccc(-c2cnc(-c3cccc4cc(-c5c[nH]c6cc(F)ccc56)ccc34)o2)cc1. The Morgan fingerprint density at radius 3 is 2.38 bits per heavy atom. The Hall–Kier alpha value is -4.25. The first-order valence-corrected chi connectivity index (χ1v) is 10.2. The molecule has 0 amide bonds. The molecule has 32 heavy (non-hydrogen) atoms. The van der Waals surface area contributed by atoms with Crippen molar-refractivity contribution in [3.8, 4) is 33.9 Å². The second-order valence-corrected chi connectivity index (χ2v) is 7.67. The van der Waals surface area contributed by atoms with E-state index in [2.05, 4.69) is 16.0 Å². The van der Waals surface area contributed by atoms with E-state index in [1.165, 1.54) is 24.3 Å². The largest absolute Gasteiger partial charge is 0.436 e. The molecular weight excluding hydrogens is 406 g/mol. The van der Waals surface area contributed by atoms with Crippen LogP contribution >= 0.6 is 0 Å². The number of aromatic nitrogens is 2. The molecule has 0 atom stereocenters. The van der Waals surface area contributed by atoms with Crippen molar-refractivity contribution in [3.63, 3.8) is 0 Å². The summed E-state index contributed by atoms with van der Waals surface area (Å²) in [7, 11) is 0. The molecule has 0 unspecified atom stereocenters. The summed E-state index contributed by atoms with van der Waals surface area (Å²) < 4.78 is 32.8. The quantitative estimate of drug-likeness (QED) is 0.319. The Balaban J connectivity index is 1.42. The van der Waals surface area contributed by atoms with Crippen LogP contribution in [0.5, 0.6) is 0 Å². The van der Waals surface area contributed by atoms with Crippen molar-refractivity contribution in [2.24, 2.45) is 0 Å². The van der Waals surface area contributed by atoms with Gasteiger partial charge in [0.15, 0.2) is 5.76 Å². The number of aromatic amines is 1. The van der Waals surface area contributed by atoms with Gasteiger partial charge in [-0.25, -0.2) is 13.8 Å². The van der Waals surface area contributed by atoms with Crippen LogP contribution < -0.4 is 0 Å². The molecule has 2 heterocycles. The molecule has 1 N–H and O–H groups in total. The zero-order chi connectivity index (χ0) is 21.7. The molecule has 0 fully saturated rings. The van der Waals surface area contributed by atoms with Gasteiger partial charge in [0, 0.05) is 33.8 Å². The van der Waals surface area contributed by atoms with Crippen LogP contribution in [0.2, 0.25) is 0 Å². The van der Waals surface area contributed by atoms with E-state index in [4.69, 9.17) is 4.42 Å². The average Bonchev–Trinajstić information content (AvgIpc) is 3.46. The number of rotatable bonds is 3. The van der Waals surface area contributed by atoms with E-state index >= 15 is 0 Å². The van der Waals surface area contributed by atoms with E-state index in [9.17, 15) is 8.78 Å². The lowest BCUT2D eigenvalue weighted by Gasteiger charge is -2.07. The standard InChI is InChI=1S/C27H16F2N2O/c28-19-7-4-16(5-8-19)26-15-31-27(32-26)23-3-1-2-17-12-18(6-10-21(17)23)24-14-30-25-13-20(29)9-11-22(24)25/h1-15,30H. The summed E-state index contributed by atoms with van der Waals surface area (Å²) in [6, 6.07) is 23.1. The van der Waals surface area contributed by atoms with Crippen molar-refractivity contribution in [3.05, 3.63) is 103 Å². The number of hydrogen-bond donors (Lipinski definition) is 1. The number of H-pyrrole nitrogens is 1. The van der Waals surface area contributed by atoms with Crippen LogP contribution in [0.25, 0.3) is 55.6 Å². The molecule has 2 aromatic heterocycles. The highest BCUT2D eigenvalue weighted by Gasteiger charge is 2.13. The minimum Gasteiger partial charge on any atom is -0.436 e. The topological polar surface area (TPSA) is 41.8 Å². The number of hydrogen-bond acceptors (Lipinski definition) is 2. The summed E-state index contributed by atoms with van der Waals surface area (Å²) in [5.74, 6) is 0.531. The zero-order valence-electron chi connectivity index (χ0n) is 16.8. The molecule has 5 heteroatoms. The van der Waals surface area contributed by atoms with Gasteiger partial charge in [-0.05, 0) is 70.9 Å². The van der Waals surface area contributed by atoms with Crippen LogP contribution in [0.3, 0.4) is 0 Å². The lowest BCUT2D eigenvalue weighted by atomic mass is 9.98. The summed E-state index contributed by atoms with van der Waals surface area (Å²) in [5, 5.41) is 3.02. The molecule has 6 aromatic rings. The van der Waals surface area contributed by atoms with Gasteiger partial charge in [-0.15, -0.1) is 0 Å². The Kier molecular flexibility index (Phi) is 4.15. The van der Waals surface area contributed by atoms with Gasteiger partial charge in [0.05, 0.1) is 6.20 Å². The summed E-state index contributed by atoms with van der Waals surface area (Å²) in [4.78, 5) is 7.60. The Morgan fingerprint density at radius 2 is 1.50 bits per heavy atom. The highest BCUT2D eigenvalue weighted by atomic mass is 19.1. The maximum atomic E-state index is 13.5. The minimum absolute atomic E-state index is 0.264. The van der Waals surface area contributed by atoms with E-state index in [0.29, 0.717) is 11.7 Å². The fourth-order valence-corrected chi connectivity index (χ4v) is 4.12. The molecule has 4 aromatic carbocycles. The van der Waals surface area contributed by atoms with Crippen LogP contribution in [0.1, 0.15) is 0 Å². The summed E-state index contributed by atoms with van der Waals surface area (Å²) in [5.41, 5.74) is 4.46. The van der Waals surface area contributed by atoms with E-state index in [0.717, 1.165) is 43.9 Å². The van der Waals surface area contributed by atoms with E-state index in [1.807, 2.05) is 36.5 Å². The maximum absolute atomic E-state index is 13.5. The molecule has 0 aliphatic carbocycles.